The lowest BCUT2D eigenvalue weighted by molar-refractivity contribution is 0.161. The van der Waals surface area contributed by atoms with Crippen LogP contribution >= 0.6 is 0 Å². The maximum absolute atomic E-state index is 6.28. The van der Waals surface area contributed by atoms with E-state index in [2.05, 4.69) is 32.7 Å². The molecule has 0 aliphatic heterocycles. The Kier molecular flexibility index (Phi) is 6.50. The van der Waals surface area contributed by atoms with Crippen LogP contribution in [0.1, 0.15) is 52.9 Å². The largest absolute Gasteiger partial charge is 0.327 e. The van der Waals surface area contributed by atoms with E-state index in [9.17, 15) is 0 Å². The number of rotatable bonds is 6. The zero-order valence-corrected chi connectivity index (χ0v) is 12.3. The summed E-state index contributed by atoms with van der Waals surface area (Å²) in [6.45, 7) is 9.35. The Labute approximate surface area is 108 Å². The molecule has 1 saturated carbocycles. The molecule has 102 valence electrons. The van der Waals surface area contributed by atoms with Gasteiger partial charge in [0.1, 0.15) is 0 Å². The van der Waals surface area contributed by atoms with Gasteiger partial charge in [-0.2, -0.15) is 0 Å². The lowest BCUT2D eigenvalue weighted by atomic mass is 9.77. The van der Waals surface area contributed by atoms with E-state index in [1.807, 2.05) is 0 Å². The molecular weight excluding hydrogens is 208 g/mol. The molecule has 2 N–H and O–H groups in total. The summed E-state index contributed by atoms with van der Waals surface area (Å²) < 4.78 is 0. The van der Waals surface area contributed by atoms with Gasteiger partial charge in [0, 0.05) is 19.1 Å². The minimum absolute atomic E-state index is 0.442. The zero-order chi connectivity index (χ0) is 12.8. The van der Waals surface area contributed by atoms with Crippen LogP contribution in [0.15, 0.2) is 0 Å². The molecule has 0 aromatic rings. The molecule has 0 amide bonds. The summed E-state index contributed by atoms with van der Waals surface area (Å²) in [5.41, 5.74) is 6.28. The van der Waals surface area contributed by atoms with Crippen LogP contribution in [0.2, 0.25) is 0 Å². The van der Waals surface area contributed by atoms with Crippen molar-refractivity contribution in [1.29, 1.82) is 0 Å². The van der Waals surface area contributed by atoms with Crippen LogP contribution in [0.4, 0.5) is 0 Å². The lowest BCUT2D eigenvalue weighted by Crippen LogP contribution is -2.42. The molecule has 0 aromatic heterocycles. The number of hydrogen-bond donors (Lipinski definition) is 1. The number of nitrogens with two attached hydrogens (primary N) is 1. The summed E-state index contributed by atoms with van der Waals surface area (Å²) in [6, 6.07) is 0.442. The fourth-order valence-electron chi connectivity index (χ4n) is 3.10. The molecule has 1 aliphatic rings. The Morgan fingerprint density at radius 2 is 2.00 bits per heavy atom. The Balaban J connectivity index is 2.37. The molecule has 0 saturated heterocycles. The predicted molar refractivity (Wildman–Crippen MR) is 76.0 cm³/mol. The van der Waals surface area contributed by atoms with Crippen LogP contribution in [0.3, 0.4) is 0 Å². The Morgan fingerprint density at radius 3 is 2.59 bits per heavy atom. The highest BCUT2D eigenvalue weighted by Gasteiger charge is 2.28. The molecule has 0 bridgehead atoms. The van der Waals surface area contributed by atoms with E-state index < -0.39 is 0 Å². The first kappa shape index (κ1) is 15.0. The first-order chi connectivity index (χ1) is 8.06. The summed E-state index contributed by atoms with van der Waals surface area (Å²) >= 11 is 0. The van der Waals surface area contributed by atoms with E-state index in [0.29, 0.717) is 6.04 Å². The van der Waals surface area contributed by atoms with Crippen molar-refractivity contribution in [1.82, 2.24) is 4.90 Å². The third-order valence-corrected chi connectivity index (χ3v) is 4.59. The van der Waals surface area contributed by atoms with E-state index in [1.165, 1.54) is 45.2 Å². The van der Waals surface area contributed by atoms with Crippen molar-refractivity contribution < 1.29 is 0 Å². The Morgan fingerprint density at radius 1 is 1.29 bits per heavy atom. The van der Waals surface area contributed by atoms with Gasteiger partial charge in [0.25, 0.3) is 0 Å². The second-order valence-electron chi connectivity index (χ2n) is 6.25. The molecule has 0 radical (unpaired) electrons. The van der Waals surface area contributed by atoms with Gasteiger partial charge in [-0.05, 0) is 44.1 Å². The van der Waals surface area contributed by atoms with Gasteiger partial charge in [-0.15, -0.1) is 0 Å². The van der Waals surface area contributed by atoms with Crippen LogP contribution in [0, 0.1) is 17.8 Å². The molecular formula is C15H32N2. The topological polar surface area (TPSA) is 29.3 Å². The molecule has 17 heavy (non-hydrogen) atoms. The first-order valence-corrected chi connectivity index (χ1v) is 7.50. The van der Waals surface area contributed by atoms with Gasteiger partial charge in [-0.3, -0.25) is 0 Å². The average molecular weight is 240 g/mol. The van der Waals surface area contributed by atoms with E-state index >= 15 is 0 Å². The van der Waals surface area contributed by atoms with Gasteiger partial charge in [0.2, 0.25) is 0 Å². The highest BCUT2D eigenvalue weighted by molar-refractivity contribution is 4.83. The summed E-state index contributed by atoms with van der Waals surface area (Å²) in [5, 5.41) is 0. The van der Waals surface area contributed by atoms with Crippen molar-refractivity contribution in [2.75, 3.05) is 20.1 Å². The summed E-state index contributed by atoms with van der Waals surface area (Å²) in [5.74, 6) is 2.46. The summed E-state index contributed by atoms with van der Waals surface area (Å²) in [6.07, 6.45) is 6.54. The van der Waals surface area contributed by atoms with Crippen molar-refractivity contribution in [2.24, 2.45) is 23.5 Å². The average Bonchev–Trinajstić information content (AvgIpc) is 2.31. The molecule has 4 atom stereocenters. The van der Waals surface area contributed by atoms with Crippen molar-refractivity contribution >= 4 is 0 Å². The van der Waals surface area contributed by atoms with Gasteiger partial charge in [0.15, 0.2) is 0 Å². The highest BCUT2D eigenvalue weighted by atomic mass is 15.1. The van der Waals surface area contributed by atoms with Crippen LogP contribution in [0.5, 0.6) is 0 Å². The standard InChI is InChI=1S/C15H32N2/c1-5-12(3)10-17(4)11-14-9-13(6-2)7-8-15(14)16/h12-15H,5-11,16H2,1-4H3. The smallest absolute Gasteiger partial charge is 0.00795 e. The second-order valence-corrected chi connectivity index (χ2v) is 6.25. The molecule has 2 heteroatoms. The number of nitrogens with zero attached hydrogens (tertiary/aromatic N) is 1. The van der Waals surface area contributed by atoms with Crippen molar-refractivity contribution in [3.8, 4) is 0 Å². The fourth-order valence-corrected chi connectivity index (χ4v) is 3.10. The molecule has 0 heterocycles. The molecule has 1 fully saturated rings. The van der Waals surface area contributed by atoms with Crippen molar-refractivity contribution in [3.63, 3.8) is 0 Å². The van der Waals surface area contributed by atoms with Gasteiger partial charge in [0.05, 0.1) is 0 Å². The minimum Gasteiger partial charge on any atom is -0.327 e. The third kappa shape index (κ3) is 4.97. The van der Waals surface area contributed by atoms with Gasteiger partial charge >= 0.3 is 0 Å². The molecule has 1 rings (SSSR count). The molecule has 0 spiro atoms. The van der Waals surface area contributed by atoms with Crippen LogP contribution in [0.25, 0.3) is 0 Å². The Bertz CT molecular complexity index is 205. The van der Waals surface area contributed by atoms with Crippen LogP contribution < -0.4 is 5.73 Å². The molecule has 0 aromatic carbocycles. The lowest BCUT2D eigenvalue weighted by Gasteiger charge is -2.36. The maximum atomic E-state index is 6.28. The zero-order valence-electron chi connectivity index (χ0n) is 12.3. The van der Waals surface area contributed by atoms with Crippen molar-refractivity contribution in [2.45, 2.75) is 58.9 Å². The molecule has 4 unspecified atom stereocenters. The quantitative estimate of drug-likeness (QED) is 0.773. The van der Waals surface area contributed by atoms with Gasteiger partial charge in [-0.1, -0.05) is 33.6 Å². The first-order valence-electron chi connectivity index (χ1n) is 7.50. The summed E-state index contributed by atoms with van der Waals surface area (Å²) in [4.78, 5) is 2.50. The molecule has 2 nitrogen and oxygen atoms in total. The molecule has 1 aliphatic carbocycles. The monoisotopic (exact) mass is 240 g/mol. The Hall–Kier alpha value is -0.0800. The van der Waals surface area contributed by atoms with E-state index in [0.717, 1.165) is 17.8 Å². The van der Waals surface area contributed by atoms with Crippen molar-refractivity contribution in [3.05, 3.63) is 0 Å². The van der Waals surface area contributed by atoms with Gasteiger partial charge in [-0.25, -0.2) is 0 Å². The normalized spacial score (nSPS) is 31.8. The van der Waals surface area contributed by atoms with E-state index in [4.69, 9.17) is 5.73 Å². The van der Waals surface area contributed by atoms with Crippen LogP contribution in [-0.2, 0) is 0 Å². The second kappa shape index (κ2) is 7.38. The maximum Gasteiger partial charge on any atom is 0.00795 e. The van der Waals surface area contributed by atoms with Gasteiger partial charge < -0.3 is 10.6 Å². The predicted octanol–water partition coefficient (Wildman–Crippen LogP) is 3.12. The number of hydrogen-bond acceptors (Lipinski definition) is 2. The fraction of sp³-hybridized carbons (Fsp3) is 1.00. The van der Waals surface area contributed by atoms with Crippen LogP contribution in [-0.4, -0.2) is 31.1 Å². The van der Waals surface area contributed by atoms with E-state index in [-0.39, 0.29) is 0 Å². The summed E-state index contributed by atoms with van der Waals surface area (Å²) in [7, 11) is 2.26. The SMILES string of the molecule is CCC(C)CN(C)CC1CC(CC)CCC1N. The third-order valence-electron chi connectivity index (χ3n) is 4.59. The van der Waals surface area contributed by atoms with E-state index in [1.54, 1.807) is 0 Å². The highest BCUT2D eigenvalue weighted by Crippen LogP contribution is 2.30. The minimum atomic E-state index is 0.442.